The van der Waals surface area contributed by atoms with E-state index < -0.39 is 0 Å². The summed E-state index contributed by atoms with van der Waals surface area (Å²) >= 11 is 0. The molecule has 3 N–H and O–H groups in total. The van der Waals surface area contributed by atoms with Crippen molar-refractivity contribution in [2.75, 3.05) is 20.2 Å². The quantitative estimate of drug-likeness (QED) is 0.710. The summed E-state index contributed by atoms with van der Waals surface area (Å²) in [5, 5.41) is 3.32. The Hall–Kier alpha value is -1.39. The van der Waals surface area contributed by atoms with Crippen molar-refractivity contribution in [3.05, 3.63) is 36.0 Å². The Labute approximate surface area is 96.5 Å². The average molecular weight is 221 g/mol. The zero-order valence-electron chi connectivity index (χ0n) is 9.86. The lowest BCUT2D eigenvalue weighted by Gasteiger charge is -2.17. The second-order valence-corrected chi connectivity index (χ2v) is 3.76. The minimum Gasteiger partial charge on any atom is -0.481 e. The molecule has 1 atom stereocenters. The van der Waals surface area contributed by atoms with Crippen molar-refractivity contribution in [1.82, 2.24) is 10.3 Å². The second kappa shape index (κ2) is 6.25. The number of hydrogen-bond donors (Lipinski definition) is 2. The molecular formula is C12H19N3O. The molecule has 1 heterocycles. The molecule has 0 spiro atoms. The van der Waals surface area contributed by atoms with Gasteiger partial charge in [0.15, 0.2) is 0 Å². The number of aromatic nitrogens is 1. The number of nitrogens with zero attached hydrogens (tertiary/aromatic N) is 1. The Morgan fingerprint density at radius 1 is 1.62 bits per heavy atom. The first-order valence-corrected chi connectivity index (χ1v) is 5.25. The molecule has 1 unspecified atom stereocenters. The summed E-state index contributed by atoms with van der Waals surface area (Å²) in [4.78, 5) is 4.15. The molecule has 1 aromatic heterocycles. The molecule has 4 nitrogen and oxygen atoms in total. The molecular weight excluding hydrogens is 202 g/mol. The van der Waals surface area contributed by atoms with Gasteiger partial charge in [0, 0.05) is 31.4 Å². The largest absolute Gasteiger partial charge is 0.481 e. The third-order valence-electron chi connectivity index (χ3n) is 2.26. The molecule has 16 heavy (non-hydrogen) atoms. The lowest BCUT2D eigenvalue weighted by molar-refractivity contribution is 0.397. The van der Waals surface area contributed by atoms with E-state index in [2.05, 4.69) is 16.9 Å². The van der Waals surface area contributed by atoms with Crippen molar-refractivity contribution in [1.29, 1.82) is 0 Å². The first kappa shape index (κ1) is 12.7. The van der Waals surface area contributed by atoms with Gasteiger partial charge in [-0.3, -0.25) is 0 Å². The number of hydrogen-bond acceptors (Lipinski definition) is 4. The predicted octanol–water partition coefficient (Wildman–Crippen LogP) is 1.26. The van der Waals surface area contributed by atoms with Gasteiger partial charge in [0.05, 0.1) is 7.11 Å². The fourth-order valence-electron chi connectivity index (χ4n) is 1.35. The van der Waals surface area contributed by atoms with Crippen LogP contribution in [-0.4, -0.2) is 25.2 Å². The van der Waals surface area contributed by atoms with Gasteiger partial charge in [-0.25, -0.2) is 4.98 Å². The molecule has 0 amide bonds. The van der Waals surface area contributed by atoms with Crippen LogP contribution in [0.1, 0.15) is 18.5 Å². The third kappa shape index (κ3) is 3.64. The molecule has 1 rings (SSSR count). The molecule has 0 aliphatic heterocycles. The standard InChI is InChI=1S/C12H19N3O/c1-9(2)7-14-11(6-13)10-4-5-12(16-3)15-8-10/h4-5,8,11,14H,1,6-7,13H2,2-3H3. The first-order valence-electron chi connectivity index (χ1n) is 5.25. The highest BCUT2D eigenvalue weighted by atomic mass is 16.5. The van der Waals surface area contributed by atoms with Crippen LogP contribution < -0.4 is 15.8 Å². The van der Waals surface area contributed by atoms with Crippen LogP contribution in [0.5, 0.6) is 5.88 Å². The molecule has 88 valence electrons. The van der Waals surface area contributed by atoms with E-state index in [9.17, 15) is 0 Å². The number of pyridine rings is 1. The lowest BCUT2D eigenvalue weighted by Crippen LogP contribution is -2.29. The Bertz CT molecular complexity index is 335. The molecule has 0 aromatic carbocycles. The maximum Gasteiger partial charge on any atom is 0.212 e. The van der Waals surface area contributed by atoms with Crippen LogP contribution in [0.25, 0.3) is 0 Å². The van der Waals surface area contributed by atoms with E-state index in [4.69, 9.17) is 10.5 Å². The Morgan fingerprint density at radius 3 is 2.81 bits per heavy atom. The number of methoxy groups -OCH3 is 1. The van der Waals surface area contributed by atoms with Crippen LogP contribution in [-0.2, 0) is 0 Å². The lowest BCUT2D eigenvalue weighted by atomic mass is 10.1. The fourth-order valence-corrected chi connectivity index (χ4v) is 1.35. The SMILES string of the molecule is C=C(C)CNC(CN)c1ccc(OC)nc1. The topological polar surface area (TPSA) is 60.2 Å². The highest BCUT2D eigenvalue weighted by Crippen LogP contribution is 2.13. The van der Waals surface area contributed by atoms with Gasteiger partial charge in [0.2, 0.25) is 5.88 Å². The summed E-state index contributed by atoms with van der Waals surface area (Å²) in [6, 6.07) is 3.91. The van der Waals surface area contributed by atoms with Crippen molar-refractivity contribution in [3.8, 4) is 5.88 Å². The van der Waals surface area contributed by atoms with Crippen molar-refractivity contribution < 1.29 is 4.74 Å². The van der Waals surface area contributed by atoms with E-state index in [0.717, 1.165) is 17.7 Å². The van der Waals surface area contributed by atoms with E-state index in [-0.39, 0.29) is 6.04 Å². The number of nitrogens with one attached hydrogen (secondary N) is 1. The maximum absolute atomic E-state index is 5.71. The van der Waals surface area contributed by atoms with Gasteiger partial charge >= 0.3 is 0 Å². The van der Waals surface area contributed by atoms with Crippen molar-refractivity contribution in [2.24, 2.45) is 5.73 Å². The monoisotopic (exact) mass is 221 g/mol. The molecule has 1 aromatic rings. The summed E-state index contributed by atoms with van der Waals surface area (Å²) in [5.74, 6) is 0.611. The van der Waals surface area contributed by atoms with Crippen molar-refractivity contribution in [3.63, 3.8) is 0 Å². The van der Waals surface area contributed by atoms with Crippen LogP contribution in [0, 0.1) is 0 Å². The zero-order chi connectivity index (χ0) is 12.0. The fraction of sp³-hybridized carbons (Fsp3) is 0.417. The van der Waals surface area contributed by atoms with Gasteiger partial charge in [0.25, 0.3) is 0 Å². The van der Waals surface area contributed by atoms with Gasteiger partial charge in [-0.1, -0.05) is 18.2 Å². The summed E-state index contributed by atoms with van der Waals surface area (Å²) in [6.07, 6.45) is 1.78. The molecule has 0 bridgehead atoms. The van der Waals surface area contributed by atoms with Crippen LogP contribution in [0.4, 0.5) is 0 Å². The molecule has 4 heteroatoms. The minimum absolute atomic E-state index is 0.107. The maximum atomic E-state index is 5.71. The summed E-state index contributed by atoms with van der Waals surface area (Å²) < 4.78 is 5.00. The predicted molar refractivity (Wildman–Crippen MR) is 65.4 cm³/mol. The Kier molecular flexibility index (Phi) is 4.95. The smallest absolute Gasteiger partial charge is 0.212 e. The van der Waals surface area contributed by atoms with Gasteiger partial charge in [-0.2, -0.15) is 0 Å². The van der Waals surface area contributed by atoms with Crippen molar-refractivity contribution in [2.45, 2.75) is 13.0 Å². The van der Waals surface area contributed by atoms with Gasteiger partial charge in [0.1, 0.15) is 0 Å². The van der Waals surface area contributed by atoms with Crippen LogP contribution in [0.3, 0.4) is 0 Å². The Morgan fingerprint density at radius 2 is 2.38 bits per heavy atom. The molecule has 0 saturated carbocycles. The van der Waals surface area contributed by atoms with E-state index in [1.54, 1.807) is 13.3 Å². The van der Waals surface area contributed by atoms with Crippen molar-refractivity contribution >= 4 is 0 Å². The first-order chi connectivity index (χ1) is 7.67. The highest BCUT2D eigenvalue weighted by Gasteiger charge is 2.09. The number of ether oxygens (including phenoxy) is 1. The molecule has 0 aliphatic carbocycles. The van der Waals surface area contributed by atoms with E-state index in [1.807, 2.05) is 19.1 Å². The van der Waals surface area contributed by atoms with E-state index in [0.29, 0.717) is 12.4 Å². The third-order valence-corrected chi connectivity index (χ3v) is 2.26. The average Bonchev–Trinajstić information content (AvgIpc) is 2.30. The number of rotatable bonds is 6. The number of nitrogens with two attached hydrogens (primary N) is 1. The van der Waals surface area contributed by atoms with Gasteiger partial charge < -0.3 is 15.8 Å². The molecule has 0 fully saturated rings. The molecule has 0 saturated heterocycles. The summed E-state index contributed by atoms with van der Waals surface area (Å²) in [5.41, 5.74) is 7.85. The van der Waals surface area contributed by atoms with Gasteiger partial charge in [-0.15, -0.1) is 0 Å². The Balaban J connectivity index is 2.66. The normalized spacial score (nSPS) is 12.2. The molecule has 0 radical (unpaired) electrons. The van der Waals surface area contributed by atoms with E-state index in [1.165, 1.54) is 0 Å². The van der Waals surface area contributed by atoms with Gasteiger partial charge in [-0.05, 0) is 12.5 Å². The summed E-state index contributed by atoms with van der Waals surface area (Å²) in [6.45, 7) is 7.11. The van der Waals surface area contributed by atoms with E-state index >= 15 is 0 Å². The molecule has 0 aliphatic rings. The highest BCUT2D eigenvalue weighted by molar-refractivity contribution is 5.21. The summed E-state index contributed by atoms with van der Waals surface area (Å²) in [7, 11) is 1.60. The zero-order valence-corrected chi connectivity index (χ0v) is 9.86. The second-order valence-electron chi connectivity index (χ2n) is 3.76. The van der Waals surface area contributed by atoms with Crippen LogP contribution in [0.2, 0.25) is 0 Å². The minimum atomic E-state index is 0.107. The van der Waals surface area contributed by atoms with Crippen LogP contribution in [0.15, 0.2) is 30.5 Å². The van der Waals surface area contributed by atoms with Crippen LogP contribution >= 0.6 is 0 Å².